The highest BCUT2D eigenvalue weighted by molar-refractivity contribution is 7.06. The van der Waals surface area contributed by atoms with Gasteiger partial charge in [-0.15, -0.1) is 0 Å². The van der Waals surface area contributed by atoms with Crippen molar-refractivity contribution in [2.75, 3.05) is 20.1 Å². The van der Waals surface area contributed by atoms with Gasteiger partial charge in [0.15, 0.2) is 0 Å². The highest BCUT2D eigenvalue weighted by atomic mass is 28.3. The predicted molar refractivity (Wildman–Crippen MR) is 194 cm³/mol. The van der Waals surface area contributed by atoms with Crippen LogP contribution in [-0.2, 0) is 0 Å². The predicted octanol–water partition coefficient (Wildman–Crippen LogP) is 10.2. The first-order chi connectivity index (χ1) is 21.2. The van der Waals surface area contributed by atoms with E-state index in [0.717, 1.165) is 4.15 Å². The van der Waals surface area contributed by atoms with Crippen LogP contribution in [0.2, 0.25) is 0 Å². The number of nitrogens with zero attached hydrogens (tertiary/aromatic N) is 1. The Bertz CT molecular complexity index is 970. The Morgan fingerprint density at radius 3 is 0.977 bits per heavy atom. The Morgan fingerprint density at radius 2 is 0.651 bits per heavy atom. The Hall–Kier alpha value is -2.16. The third-order valence-electron chi connectivity index (χ3n) is 9.89. The van der Waals surface area contributed by atoms with Crippen LogP contribution in [0.3, 0.4) is 0 Å². The molecule has 3 rings (SSSR count). The van der Waals surface area contributed by atoms with Gasteiger partial charge in [-0.2, -0.15) is 0 Å². The Balaban J connectivity index is 1.59. The summed E-state index contributed by atoms with van der Waals surface area (Å²) >= 11 is 0. The van der Waals surface area contributed by atoms with Crippen LogP contribution in [0.5, 0.6) is 0 Å². The molecule has 0 saturated carbocycles. The first-order valence-electron chi connectivity index (χ1n) is 18.2. The van der Waals surface area contributed by atoms with Gasteiger partial charge in [0.05, 0.1) is 20.1 Å². The second kappa shape index (κ2) is 20.7. The van der Waals surface area contributed by atoms with Crippen molar-refractivity contribution in [1.29, 1.82) is 0 Å². The third kappa shape index (κ3) is 10.8. The maximum atomic E-state index is 2.61. The molecule has 1 nitrogen and oxygen atoms in total. The van der Waals surface area contributed by atoms with Crippen molar-refractivity contribution < 1.29 is 4.15 Å². The zero-order chi connectivity index (χ0) is 30.5. The fraction of sp³-hybridized carbons (Fsp3) is 0.561. The van der Waals surface area contributed by atoms with Crippen LogP contribution in [0, 0.1) is 0 Å². The van der Waals surface area contributed by atoms with Gasteiger partial charge in [0.2, 0.25) is 0 Å². The zero-order valence-electron chi connectivity index (χ0n) is 28.2. The van der Waals surface area contributed by atoms with Gasteiger partial charge >= 0.3 is 8.24 Å². The molecule has 0 radical (unpaired) electrons. The van der Waals surface area contributed by atoms with Crippen LogP contribution in [0.4, 0.5) is 0 Å². The van der Waals surface area contributed by atoms with Gasteiger partial charge in [-0.3, -0.25) is 0 Å². The van der Waals surface area contributed by atoms with Crippen LogP contribution in [0.15, 0.2) is 91.0 Å². The summed E-state index contributed by atoms with van der Waals surface area (Å²) in [5.74, 6) is 0. The fourth-order valence-electron chi connectivity index (χ4n) is 7.44. The van der Waals surface area contributed by atoms with Gasteiger partial charge in [0, 0.05) is 15.6 Å². The maximum Gasteiger partial charge on any atom is 0.383 e. The van der Waals surface area contributed by atoms with E-state index in [1.165, 1.54) is 129 Å². The second-order valence-electron chi connectivity index (χ2n) is 13.3. The van der Waals surface area contributed by atoms with Gasteiger partial charge in [-0.05, 0) is 19.3 Å². The van der Waals surface area contributed by atoms with Gasteiger partial charge < -0.3 is 4.15 Å². The standard InChI is InChI=1S/C41H64NSi/c1-4-6-8-9-10-11-12-13-14-15-16-17-18-19-20-30-38-42(3,37-7-5-2)43(39-31-24-21-25-32-39,40-33-26-22-27-34-40)41-35-28-23-29-36-41/h21-29,31-36H,4-20,30,37-38H2,1-3H3/q+1. The van der Waals surface area contributed by atoms with E-state index in [9.17, 15) is 0 Å². The lowest BCUT2D eigenvalue weighted by atomic mass is 10.0. The van der Waals surface area contributed by atoms with Crippen LogP contribution >= 0.6 is 0 Å². The number of benzene rings is 3. The normalized spacial score (nSPS) is 13.2. The molecule has 0 saturated heterocycles. The van der Waals surface area contributed by atoms with Crippen molar-refractivity contribution >= 4 is 23.8 Å². The summed E-state index contributed by atoms with van der Waals surface area (Å²) in [5, 5.41) is 4.63. The largest absolute Gasteiger partial charge is 0.383 e. The summed E-state index contributed by atoms with van der Waals surface area (Å²) in [6.45, 7) is 7.15. The second-order valence-corrected chi connectivity index (χ2v) is 17.5. The molecule has 236 valence electrons. The molecule has 2 heteroatoms. The smallest absolute Gasteiger partial charge is 0.375 e. The van der Waals surface area contributed by atoms with E-state index in [4.69, 9.17) is 0 Å². The minimum absolute atomic E-state index is 1.15. The summed E-state index contributed by atoms with van der Waals surface area (Å²) in [5.41, 5.74) is 0. The fourth-order valence-corrected chi connectivity index (χ4v) is 13.3. The molecule has 0 aromatic heterocycles. The van der Waals surface area contributed by atoms with Gasteiger partial charge in [-0.25, -0.2) is 0 Å². The van der Waals surface area contributed by atoms with E-state index in [1.54, 1.807) is 15.6 Å². The first-order valence-corrected chi connectivity index (χ1v) is 20.1. The van der Waals surface area contributed by atoms with Gasteiger partial charge in [0.1, 0.15) is 0 Å². The van der Waals surface area contributed by atoms with E-state index >= 15 is 0 Å². The lowest BCUT2D eigenvalue weighted by molar-refractivity contribution is -0.809. The Kier molecular flexibility index (Phi) is 17.0. The van der Waals surface area contributed by atoms with Crippen LogP contribution in [0.1, 0.15) is 129 Å². The van der Waals surface area contributed by atoms with E-state index in [0.29, 0.717) is 0 Å². The molecule has 0 aliphatic heterocycles. The summed E-state index contributed by atoms with van der Waals surface area (Å²) in [6.07, 6.45) is 25.3. The lowest BCUT2D eigenvalue weighted by Crippen LogP contribution is -2.84. The molecule has 0 fully saturated rings. The molecular formula is C41H64NSi+. The third-order valence-corrected chi connectivity index (χ3v) is 15.5. The average Bonchev–Trinajstić information content (AvgIpc) is 3.05. The highest BCUT2D eigenvalue weighted by Gasteiger charge is 2.57. The SMILES string of the molecule is CCCCCCCCCCCCCCCCCC[N+](C)(CCCC)[Si](c1ccccc1)(c1ccccc1)c1ccccc1. The Morgan fingerprint density at radius 1 is 0.372 bits per heavy atom. The molecule has 0 N–H and O–H groups in total. The molecule has 3 aromatic rings. The van der Waals surface area contributed by atoms with Crippen LogP contribution in [-0.4, -0.2) is 32.5 Å². The number of hydrogen-bond donors (Lipinski definition) is 0. The molecule has 1 unspecified atom stereocenters. The topological polar surface area (TPSA) is 0 Å². The van der Waals surface area contributed by atoms with Crippen LogP contribution < -0.4 is 15.6 Å². The number of quaternary nitrogens is 1. The molecule has 3 aromatic carbocycles. The van der Waals surface area contributed by atoms with Crippen molar-refractivity contribution in [2.45, 2.75) is 129 Å². The van der Waals surface area contributed by atoms with Crippen molar-refractivity contribution in [3.63, 3.8) is 0 Å². The summed E-state index contributed by atoms with van der Waals surface area (Å²) in [7, 11) is 0.225. The van der Waals surface area contributed by atoms with Crippen molar-refractivity contribution in [3.05, 3.63) is 91.0 Å². The monoisotopic (exact) mass is 598 g/mol. The summed E-state index contributed by atoms with van der Waals surface area (Å²) < 4.78 is 1.15. The van der Waals surface area contributed by atoms with Crippen LogP contribution in [0.25, 0.3) is 0 Å². The molecule has 43 heavy (non-hydrogen) atoms. The maximum absolute atomic E-state index is 2.61. The highest BCUT2D eigenvalue weighted by Crippen LogP contribution is 2.24. The minimum Gasteiger partial charge on any atom is -0.375 e. The van der Waals surface area contributed by atoms with Crippen molar-refractivity contribution in [1.82, 2.24) is 0 Å². The molecule has 0 spiro atoms. The summed E-state index contributed by atoms with van der Waals surface area (Å²) in [6, 6.07) is 34.7. The molecule has 0 amide bonds. The van der Waals surface area contributed by atoms with Crippen molar-refractivity contribution in [2.24, 2.45) is 0 Å². The zero-order valence-corrected chi connectivity index (χ0v) is 29.2. The van der Waals surface area contributed by atoms with E-state index in [-0.39, 0.29) is 0 Å². The van der Waals surface area contributed by atoms with E-state index < -0.39 is 8.24 Å². The first kappa shape index (κ1) is 35.3. The molecule has 0 heterocycles. The van der Waals surface area contributed by atoms with Crippen molar-refractivity contribution in [3.8, 4) is 0 Å². The molecule has 1 atom stereocenters. The van der Waals surface area contributed by atoms with Gasteiger partial charge in [0.25, 0.3) is 0 Å². The van der Waals surface area contributed by atoms with Gasteiger partial charge in [-0.1, -0.05) is 201 Å². The molecule has 0 aliphatic carbocycles. The summed E-state index contributed by atoms with van der Waals surface area (Å²) in [4.78, 5) is 0. The Labute approximate surface area is 267 Å². The number of unbranched alkanes of at least 4 members (excludes halogenated alkanes) is 16. The lowest BCUT2D eigenvalue weighted by Gasteiger charge is -2.50. The number of rotatable bonds is 24. The van der Waals surface area contributed by atoms with E-state index in [1.807, 2.05) is 0 Å². The molecule has 0 bridgehead atoms. The number of hydrogen-bond acceptors (Lipinski definition) is 0. The molecule has 0 aliphatic rings. The quantitative estimate of drug-likeness (QED) is 0.0547. The molecular weight excluding hydrogens is 535 g/mol. The minimum atomic E-state index is -2.39. The average molecular weight is 599 g/mol. The van der Waals surface area contributed by atoms with E-state index in [2.05, 4.69) is 112 Å².